The van der Waals surface area contributed by atoms with E-state index < -0.39 is 35.5 Å². The number of halogens is 1. The fraction of sp³-hybridized carbons (Fsp3) is 0.292. The van der Waals surface area contributed by atoms with E-state index in [0.717, 1.165) is 16.8 Å². The largest absolute Gasteiger partial charge is 0.383 e. The fourth-order valence-electron chi connectivity index (χ4n) is 4.33. The van der Waals surface area contributed by atoms with Crippen LogP contribution in [0, 0.1) is 5.82 Å². The molecule has 0 fully saturated rings. The predicted molar refractivity (Wildman–Crippen MR) is 128 cm³/mol. The molecule has 196 valence electrons. The summed E-state index contributed by atoms with van der Waals surface area (Å²) < 4.78 is 25.5. The van der Waals surface area contributed by atoms with Gasteiger partial charge in [0.25, 0.3) is 11.5 Å². The van der Waals surface area contributed by atoms with Gasteiger partial charge in [-0.2, -0.15) is 9.61 Å². The van der Waals surface area contributed by atoms with E-state index in [2.05, 4.69) is 20.6 Å². The number of fused-ring (bicyclic) bond motifs is 2. The molecule has 0 aromatic carbocycles. The number of methoxy groups -OCH3 is 1. The molecule has 0 spiro atoms. The van der Waals surface area contributed by atoms with Crippen LogP contribution >= 0.6 is 0 Å². The number of nitrogens with one attached hydrogen (secondary N) is 1. The number of carbonyl (C=O) groups is 3. The van der Waals surface area contributed by atoms with Crippen molar-refractivity contribution < 1.29 is 28.0 Å². The van der Waals surface area contributed by atoms with E-state index in [9.17, 15) is 23.6 Å². The number of rotatable bonds is 9. The molecule has 0 saturated carbocycles. The van der Waals surface area contributed by atoms with Crippen molar-refractivity contribution in [3.05, 3.63) is 75.5 Å². The molecule has 0 unspecified atom stereocenters. The third-order valence-corrected chi connectivity index (χ3v) is 6.12. The van der Waals surface area contributed by atoms with Crippen LogP contribution in [0.25, 0.3) is 5.65 Å². The zero-order valence-electron chi connectivity index (χ0n) is 20.4. The quantitative estimate of drug-likeness (QED) is 0.317. The summed E-state index contributed by atoms with van der Waals surface area (Å²) in [7, 11) is 1.50. The number of pyridine rings is 1. The first-order valence-corrected chi connectivity index (χ1v) is 11.6. The highest BCUT2D eigenvalue weighted by Crippen LogP contribution is 2.25. The molecule has 1 aliphatic heterocycles. The van der Waals surface area contributed by atoms with E-state index >= 15 is 0 Å². The molecule has 5 heterocycles. The zero-order chi connectivity index (χ0) is 27.0. The second kappa shape index (κ2) is 9.97. The molecule has 0 bridgehead atoms. The Hall–Kier alpha value is -4.72. The number of anilines is 1. The van der Waals surface area contributed by atoms with Gasteiger partial charge in [-0.05, 0) is 19.1 Å². The number of Topliss-reactive ketones (excluding diaryl/α,β-unsaturated/α-hetero) is 1. The molecule has 13 nitrogen and oxygen atoms in total. The van der Waals surface area contributed by atoms with E-state index in [1.54, 1.807) is 6.92 Å². The van der Waals surface area contributed by atoms with Gasteiger partial charge in [-0.3, -0.25) is 19.2 Å². The Bertz CT molecular complexity index is 1590. The Balaban J connectivity index is 1.57. The normalized spacial score (nSPS) is 13.7. The summed E-state index contributed by atoms with van der Waals surface area (Å²) in [6, 6.07) is 4.96. The first kappa shape index (κ1) is 25.0. The smallest absolute Gasteiger partial charge is 0.280 e. The second-order valence-electron chi connectivity index (χ2n) is 8.76. The third-order valence-electron chi connectivity index (χ3n) is 6.12. The van der Waals surface area contributed by atoms with Gasteiger partial charge in [0.1, 0.15) is 41.5 Å². The topological polar surface area (TPSA) is 154 Å². The number of nitrogens with zero attached hydrogens (tertiary/aromatic N) is 6. The lowest BCUT2D eigenvalue weighted by Crippen LogP contribution is -2.37. The predicted octanol–water partition coefficient (Wildman–Crippen LogP) is 1.07. The van der Waals surface area contributed by atoms with E-state index in [-0.39, 0.29) is 54.0 Å². The lowest BCUT2D eigenvalue weighted by molar-refractivity contribution is -0.116. The number of aromatic nitrogens is 5. The molecule has 2 amide bonds. The Kier molecular flexibility index (Phi) is 6.55. The van der Waals surface area contributed by atoms with Gasteiger partial charge in [-0.15, -0.1) is 0 Å². The molecule has 1 atom stereocenters. The molecule has 5 rings (SSSR count). The van der Waals surface area contributed by atoms with Crippen molar-refractivity contribution >= 4 is 29.1 Å². The highest BCUT2D eigenvalue weighted by molar-refractivity contribution is 6.00. The van der Waals surface area contributed by atoms with Gasteiger partial charge >= 0.3 is 0 Å². The summed E-state index contributed by atoms with van der Waals surface area (Å²) in [6.45, 7) is 1.59. The first-order chi connectivity index (χ1) is 18.3. The van der Waals surface area contributed by atoms with Crippen LogP contribution < -0.4 is 10.9 Å². The molecule has 4 aromatic rings. The van der Waals surface area contributed by atoms with Crippen LogP contribution in [0.15, 0.2) is 46.0 Å². The third kappa shape index (κ3) is 4.56. The summed E-state index contributed by atoms with van der Waals surface area (Å²) in [6.07, 6.45) is 2.16. The summed E-state index contributed by atoms with van der Waals surface area (Å²) >= 11 is 0. The SMILES string of the molecule is COC[C@H](C)N1Cc2c(n(CC(=O)Nc3ccc(F)cn3)c3cc(C(=O)Cc4ccon4)nn3c2=O)C1=O. The van der Waals surface area contributed by atoms with Crippen molar-refractivity contribution in [2.24, 2.45) is 0 Å². The molecular weight excluding hydrogens is 501 g/mol. The molecule has 14 heteroatoms. The maximum atomic E-state index is 13.5. The summed E-state index contributed by atoms with van der Waals surface area (Å²) in [5.74, 6) is -1.96. The van der Waals surface area contributed by atoms with Crippen molar-refractivity contribution in [2.45, 2.75) is 32.5 Å². The molecule has 1 N–H and O–H groups in total. The lowest BCUT2D eigenvalue weighted by atomic mass is 10.2. The number of ether oxygens (including phenoxy) is 1. The van der Waals surface area contributed by atoms with Gasteiger partial charge in [0, 0.05) is 19.2 Å². The Morgan fingerprint density at radius 3 is 2.76 bits per heavy atom. The number of amides is 2. The van der Waals surface area contributed by atoms with Gasteiger partial charge in [0.15, 0.2) is 5.78 Å². The van der Waals surface area contributed by atoms with E-state index in [4.69, 9.17) is 9.26 Å². The minimum atomic E-state index is -0.593. The van der Waals surface area contributed by atoms with Gasteiger partial charge < -0.3 is 24.0 Å². The Morgan fingerprint density at radius 2 is 2.08 bits per heavy atom. The van der Waals surface area contributed by atoms with Crippen LogP contribution in [0.1, 0.15) is 39.2 Å². The molecule has 0 aliphatic carbocycles. The van der Waals surface area contributed by atoms with Gasteiger partial charge in [-0.25, -0.2) is 9.37 Å². The summed E-state index contributed by atoms with van der Waals surface area (Å²) in [4.78, 5) is 58.0. The van der Waals surface area contributed by atoms with Crippen LogP contribution in [0.5, 0.6) is 0 Å². The van der Waals surface area contributed by atoms with Crippen LogP contribution in [-0.4, -0.2) is 66.6 Å². The average Bonchev–Trinajstić information content (AvgIpc) is 3.63. The number of carbonyl (C=O) groups excluding carboxylic acids is 3. The number of ketones is 1. The second-order valence-corrected chi connectivity index (χ2v) is 8.76. The van der Waals surface area contributed by atoms with Crippen molar-refractivity contribution in [2.75, 3.05) is 19.0 Å². The van der Waals surface area contributed by atoms with Gasteiger partial charge in [0.2, 0.25) is 5.91 Å². The maximum Gasteiger partial charge on any atom is 0.280 e. The van der Waals surface area contributed by atoms with Crippen molar-refractivity contribution in [3.63, 3.8) is 0 Å². The minimum absolute atomic E-state index is 0.0167. The van der Waals surface area contributed by atoms with Gasteiger partial charge in [0.05, 0.1) is 43.1 Å². The van der Waals surface area contributed by atoms with E-state index in [1.165, 1.54) is 41.0 Å². The summed E-state index contributed by atoms with van der Waals surface area (Å²) in [5.41, 5.74) is -0.00390. The number of hydrogen-bond donors (Lipinski definition) is 1. The van der Waals surface area contributed by atoms with Crippen molar-refractivity contribution in [1.29, 1.82) is 0 Å². The van der Waals surface area contributed by atoms with Crippen LogP contribution in [0.4, 0.5) is 10.2 Å². The zero-order valence-corrected chi connectivity index (χ0v) is 20.4. The van der Waals surface area contributed by atoms with Crippen LogP contribution in [0.3, 0.4) is 0 Å². The number of hydrogen-bond acceptors (Lipinski definition) is 9. The lowest BCUT2D eigenvalue weighted by Gasteiger charge is -2.23. The van der Waals surface area contributed by atoms with Gasteiger partial charge in [-0.1, -0.05) is 5.16 Å². The molecule has 0 saturated heterocycles. The maximum absolute atomic E-state index is 13.5. The fourth-order valence-corrected chi connectivity index (χ4v) is 4.33. The Morgan fingerprint density at radius 1 is 1.26 bits per heavy atom. The molecular formula is C24H22FN7O6. The molecule has 4 aromatic heterocycles. The average molecular weight is 523 g/mol. The molecule has 38 heavy (non-hydrogen) atoms. The molecule has 0 radical (unpaired) electrons. The van der Waals surface area contributed by atoms with Crippen LogP contribution in [0.2, 0.25) is 0 Å². The van der Waals surface area contributed by atoms with E-state index in [0.29, 0.717) is 5.69 Å². The van der Waals surface area contributed by atoms with Crippen molar-refractivity contribution in [3.8, 4) is 0 Å². The monoisotopic (exact) mass is 523 g/mol. The summed E-state index contributed by atoms with van der Waals surface area (Å²) in [5, 5.41) is 10.5. The highest BCUT2D eigenvalue weighted by Gasteiger charge is 2.37. The van der Waals surface area contributed by atoms with Crippen LogP contribution in [-0.2, 0) is 29.0 Å². The first-order valence-electron chi connectivity index (χ1n) is 11.6. The minimum Gasteiger partial charge on any atom is -0.383 e. The Labute approximate surface area is 213 Å². The molecule has 1 aliphatic rings. The highest BCUT2D eigenvalue weighted by atomic mass is 19.1. The van der Waals surface area contributed by atoms with E-state index in [1.807, 2.05) is 0 Å². The van der Waals surface area contributed by atoms with Crippen molar-refractivity contribution in [1.82, 2.24) is 29.2 Å². The standard InChI is InChI=1S/C24H22FN7O6/c1-13(12-37-2)30-10-16-22(24(30)36)31(11-20(34)27-19-4-3-14(25)9-26-19)21-8-17(28-32(21)23(16)35)18(33)7-15-5-6-38-29-15/h3-6,8-9,13H,7,10-12H2,1-2H3,(H,26,27,34)/t13-/m0/s1.